The lowest BCUT2D eigenvalue weighted by atomic mass is 10.1. The zero-order valence-electron chi connectivity index (χ0n) is 9.97. The molecule has 2 nitrogen and oxygen atoms in total. The van der Waals surface area contributed by atoms with Crippen LogP contribution < -0.4 is 0 Å². The lowest BCUT2D eigenvalue weighted by molar-refractivity contribution is 0.560. The molecule has 0 N–H and O–H groups in total. The molecule has 0 aliphatic heterocycles. The van der Waals surface area contributed by atoms with Crippen LogP contribution in [0.2, 0.25) is 0 Å². The van der Waals surface area contributed by atoms with Gasteiger partial charge in [0.2, 0.25) is 0 Å². The fraction of sp³-hybridized carbons (Fsp3) is 0.385. The summed E-state index contributed by atoms with van der Waals surface area (Å²) in [4.78, 5) is 0.411. The van der Waals surface area contributed by atoms with E-state index in [1.807, 2.05) is 32.9 Å². The molecule has 3 heteroatoms. The Kier molecular flexibility index (Phi) is 3.92. The van der Waals surface area contributed by atoms with Gasteiger partial charge in [0.15, 0.2) is 9.84 Å². The number of hydrogen-bond acceptors (Lipinski definition) is 2. The minimum absolute atomic E-state index is 0.0297. The van der Waals surface area contributed by atoms with Crippen molar-refractivity contribution in [1.29, 1.82) is 0 Å². The maximum Gasteiger partial charge on any atom is 0.185 e. The maximum absolute atomic E-state index is 12.4. The number of hydrogen-bond donors (Lipinski definition) is 0. The van der Waals surface area contributed by atoms with Crippen LogP contribution in [0.25, 0.3) is 0 Å². The first-order valence-corrected chi connectivity index (χ1v) is 6.88. The van der Waals surface area contributed by atoms with Gasteiger partial charge >= 0.3 is 0 Å². The summed E-state index contributed by atoms with van der Waals surface area (Å²) in [6, 6.07) is 7.06. The summed E-state index contributed by atoms with van der Waals surface area (Å²) >= 11 is 0. The van der Waals surface area contributed by atoms with Crippen LogP contribution in [0.4, 0.5) is 0 Å². The molecule has 0 bridgehead atoms. The third kappa shape index (κ3) is 2.35. The van der Waals surface area contributed by atoms with Crippen LogP contribution in [0.5, 0.6) is 0 Å². The topological polar surface area (TPSA) is 34.1 Å². The molecule has 16 heavy (non-hydrogen) atoms. The van der Waals surface area contributed by atoms with Gasteiger partial charge in [0.05, 0.1) is 10.1 Å². The van der Waals surface area contributed by atoms with E-state index in [0.29, 0.717) is 4.90 Å². The van der Waals surface area contributed by atoms with Crippen molar-refractivity contribution in [3.63, 3.8) is 0 Å². The molecule has 0 fully saturated rings. The Morgan fingerprint density at radius 3 is 2.25 bits per heavy atom. The predicted octanol–water partition coefficient (Wildman–Crippen LogP) is 2.98. The molecule has 0 saturated carbocycles. The van der Waals surface area contributed by atoms with E-state index in [2.05, 4.69) is 6.58 Å². The van der Waals surface area contributed by atoms with E-state index in [1.54, 1.807) is 12.1 Å². The van der Waals surface area contributed by atoms with Crippen molar-refractivity contribution in [3.05, 3.63) is 42.5 Å². The SMILES string of the molecule is C=CC(C(C)C)S(=O)(=O)c1ccccc1C. The molecule has 0 aliphatic rings. The largest absolute Gasteiger partial charge is 0.223 e. The molecule has 1 rings (SSSR count). The zero-order chi connectivity index (χ0) is 12.3. The minimum Gasteiger partial charge on any atom is -0.223 e. The molecule has 1 unspecified atom stereocenters. The Bertz CT molecular complexity index is 472. The van der Waals surface area contributed by atoms with Crippen LogP contribution >= 0.6 is 0 Å². The summed E-state index contributed by atoms with van der Waals surface area (Å²) in [7, 11) is -3.30. The molecule has 0 saturated heterocycles. The molecule has 0 aliphatic carbocycles. The molecule has 0 radical (unpaired) electrons. The second-order valence-electron chi connectivity index (χ2n) is 4.25. The Labute approximate surface area is 97.9 Å². The second kappa shape index (κ2) is 4.83. The van der Waals surface area contributed by atoms with Crippen molar-refractivity contribution in [1.82, 2.24) is 0 Å². The lowest BCUT2D eigenvalue weighted by Gasteiger charge is -2.18. The minimum atomic E-state index is -3.30. The van der Waals surface area contributed by atoms with E-state index >= 15 is 0 Å². The highest BCUT2D eigenvalue weighted by Gasteiger charge is 2.28. The standard InChI is InChI=1S/C13H18O2S/c1-5-12(10(2)3)16(14,15)13-9-7-6-8-11(13)4/h5-10,12H,1H2,2-4H3. The smallest absolute Gasteiger partial charge is 0.185 e. The molecular weight excluding hydrogens is 220 g/mol. The van der Waals surface area contributed by atoms with E-state index in [4.69, 9.17) is 0 Å². The molecule has 0 aromatic heterocycles. The third-order valence-electron chi connectivity index (χ3n) is 2.65. The van der Waals surface area contributed by atoms with Crippen LogP contribution in [-0.4, -0.2) is 13.7 Å². The van der Waals surface area contributed by atoms with Crippen LogP contribution in [0.3, 0.4) is 0 Å². The number of benzene rings is 1. The summed E-state index contributed by atoms with van der Waals surface area (Å²) in [6.07, 6.45) is 1.52. The summed E-state index contributed by atoms with van der Waals surface area (Å²) in [6.45, 7) is 9.22. The highest BCUT2D eigenvalue weighted by Crippen LogP contribution is 2.24. The summed E-state index contributed by atoms with van der Waals surface area (Å²) < 4.78 is 24.7. The van der Waals surface area contributed by atoms with Gasteiger partial charge < -0.3 is 0 Å². The van der Waals surface area contributed by atoms with Gasteiger partial charge in [-0.15, -0.1) is 6.58 Å². The first-order chi connectivity index (χ1) is 7.41. The third-order valence-corrected chi connectivity index (χ3v) is 5.17. The van der Waals surface area contributed by atoms with E-state index < -0.39 is 15.1 Å². The van der Waals surface area contributed by atoms with Gasteiger partial charge in [0.25, 0.3) is 0 Å². The fourth-order valence-electron chi connectivity index (χ4n) is 1.78. The monoisotopic (exact) mass is 238 g/mol. The van der Waals surface area contributed by atoms with E-state index in [1.165, 1.54) is 6.08 Å². The van der Waals surface area contributed by atoms with Crippen molar-refractivity contribution >= 4 is 9.84 Å². The molecule has 0 spiro atoms. The summed E-state index contributed by atoms with van der Waals surface area (Å²) in [5.41, 5.74) is 0.787. The normalized spacial score (nSPS) is 13.8. The Morgan fingerprint density at radius 2 is 1.81 bits per heavy atom. The van der Waals surface area contributed by atoms with Gasteiger partial charge in [-0.1, -0.05) is 38.1 Å². The number of rotatable bonds is 4. The second-order valence-corrected chi connectivity index (χ2v) is 6.33. The molecular formula is C13H18O2S. The Hall–Kier alpha value is -1.09. The Morgan fingerprint density at radius 1 is 1.25 bits per heavy atom. The summed E-state index contributed by atoms with van der Waals surface area (Å²) in [5, 5.41) is -0.520. The van der Waals surface area contributed by atoms with Crippen LogP contribution in [0.1, 0.15) is 19.4 Å². The number of sulfone groups is 1. The molecule has 0 amide bonds. The zero-order valence-corrected chi connectivity index (χ0v) is 10.8. The van der Waals surface area contributed by atoms with Crippen molar-refractivity contribution in [2.45, 2.75) is 30.9 Å². The van der Waals surface area contributed by atoms with Gasteiger partial charge in [0, 0.05) is 0 Å². The van der Waals surface area contributed by atoms with Gasteiger partial charge in [-0.25, -0.2) is 8.42 Å². The fourth-order valence-corrected chi connectivity index (χ4v) is 3.83. The summed E-state index contributed by atoms with van der Waals surface area (Å²) in [5.74, 6) is 0.0297. The van der Waals surface area contributed by atoms with Crippen molar-refractivity contribution in [3.8, 4) is 0 Å². The van der Waals surface area contributed by atoms with E-state index in [-0.39, 0.29) is 5.92 Å². The van der Waals surface area contributed by atoms with Gasteiger partial charge in [-0.3, -0.25) is 0 Å². The van der Waals surface area contributed by atoms with Gasteiger partial charge in [-0.2, -0.15) is 0 Å². The first-order valence-electron chi connectivity index (χ1n) is 5.33. The maximum atomic E-state index is 12.4. The molecule has 88 valence electrons. The lowest BCUT2D eigenvalue weighted by Crippen LogP contribution is -2.25. The molecule has 1 aromatic rings. The quantitative estimate of drug-likeness (QED) is 0.756. The van der Waals surface area contributed by atoms with Crippen molar-refractivity contribution in [2.75, 3.05) is 0 Å². The number of aryl methyl sites for hydroxylation is 1. The van der Waals surface area contributed by atoms with Gasteiger partial charge in [-0.05, 0) is 24.5 Å². The van der Waals surface area contributed by atoms with E-state index in [9.17, 15) is 8.42 Å². The van der Waals surface area contributed by atoms with Crippen LogP contribution in [-0.2, 0) is 9.84 Å². The van der Waals surface area contributed by atoms with Crippen LogP contribution in [0, 0.1) is 12.8 Å². The van der Waals surface area contributed by atoms with Crippen molar-refractivity contribution < 1.29 is 8.42 Å². The van der Waals surface area contributed by atoms with E-state index in [0.717, 1.165) is 5.56 Å². The first kappa shape index (κ1) is 13.0. The predicted molar refractivity (Wildman–Crippen MR) is 67.2 cm³/mol. The molecule has 1 atom stereocenters. The molecule has 0 heterocycles. The Balaban J connectivity index is 3.32. The average Bonchev–Trinajstić information content (AvgIpc) is 2.17. The highest BCUT2D eigenvalue weighted by molar-refractivity contribution is 7.92. The van der Waals surface area contributed by atoms with Crippen LogP contribution in [0.15, 0.2) is 41.8 Å². The van der Waals surface area contributed by atoms with Crippen molar-refractivity contribution in [2.24, 2.45) is 5.92 Å². The molecule has 1 aromatic carbocycles. The highest BCUT2D eigenvalue weighted by atomic mass is 32.2. The van der Waals surface area contributed by atoms with Gasteiger partial charge in [0.1, 0.15) is 0 Å². The average molecular weight is 238 g/mol.